The zero-order valence-corrected chi connectivity index (χ0v) is 19.1. The molecule has 0 aliphatic carbocycles. The number of fused-ring (bicyclic) bond motifs is 1. The molecule has 2 aromatic heterocycles. The third-order valence-electron chi connectivity index (χ3n) is 5.67. The number of benzene rings is 3. The summed E-state index contributed by atoms with van der Waals surface area (Å²) in [4.78, 5) is 25.8. The zero-order valence-electron chi connectivity index (χ0n) is 19.1. The van der Waals surface area contributed by atoms with Crippen molar-refractivity contribution < 1.29 is 18.0 Å². The van der Waals surface area contributed by atoms with Crippen molar-refractivity contribution in [1.29, 1.82) is 0 Å². The highest BCUT2D eigenvalue weighted by Gasteiger charge is 2.30. The Hall–Kier alpha value is -4.53. The number of nitrogens with zero attached hydrogens (tertiary/aromatic N) is 4. The Labute approximate surface area is 204 Å². The van der Waals surface area contributed by atoms with Crippen molar-refractivity contribution in [2.75, 3.05) is 5.32 Å². The number of ketones is 1. The van der Waals surface area contributed by atoms with Crippen molar-refractivity contribution >= 4 is 22.8 Å². The van der Waals surface area contributed by atoms with E-state index in [4.69, 9.17) is 4.98 Å². The molecule has 6 nitrogen and oxygen atoms in total. The van der Waals surface area contributed by atoms with E-state index in [1.807, 2.05) is 34.9 Å². The Morgan fingerprint density at radius 2 is 1.72 bits per heavy atom. The molecule has 0 spiro atoms. The number of para-hydroxylation sites is 1. The van der Waals surface area contributed by atoms with Gasteiger partial charge in [0.15, 0.2) is 28.6 Å². The van der Waals surface area contributed by atoms with Crippen LogP contribution >= 0.6 is 0 Å². The fraction of sp³-hybridized carbons (Fsp3) is 0.111. The number of hydrogen-bond donors (Lipinski definition) is 1. The molecule has 0 radical (unpaired) electrons. The van der Waals surface area contributed by atoms with Crippen LogP contribution in [-0.4, -0.2) is 25.3 Å². The lowest BCUT2D eigenvalue weighted by molar-refractivity contribution is -0.137. The summed E-state index contributed by atoms with van der Waals surface area (Å²) < 4.78 is 41.3. The first kappa shape index (κ1) is 23.2. The Morgan fingerprint density at radius 1 is 0.944 bits per heavy atom. The van der Waals surface area contributed by atoms with E-state index < -0.39 is 11.7 Å². The van der Waals surface area contributed by atoms with Gasteiger partial charge < -0.3 is 5.32 Å². The van der Waals surface area contributed by atoms with Crippen LogP contribution in [0.15, 0.2) is 85.2 Å². The number of carbonyl (C=O) groups excluding carboxylic acids is 1. The van der Waals surface area contributed by atoms with Crippen LogP contribution in [0.5, 0.6) is 0 Å². The molecule has 0 atom stereocenters. The number of aromatic nitrogens is 4. The Morgan fingerprint density at radius 3 is 2.47 bits per heavy atom. The molecule has 9 heteroatoms. The van der Waals surface area contributed by atoms with Gasteiger partial charge in [0.1, 0.15) is 6.33 Å². The number of alkyl halides is 3. The smallest absolute Gasteiger partial charge is 0.364 e. The molecule has 5 rings (SSSR count). The van der Waals surface area contributed by atoms with E-state index in [2.05, 4.69) is 15.3 Å². The van der Waals surface area contributed by atoms with Crippen LogP contribution in [0.3, 0.4) is 0 Å². The highest BCUT2D eigenvalue weighted by Crippen LogP contribution is 2.30. The monoisotopic (exact) mass is 487 g/mol. The molecule has 1 N–H and O–H groups in total. The molecule has 0 aliphatic heterocycles. The average Bonchev–Trinajstić information content (AvgIpc) is 3.32. The van der Waals surface area contributed by atoms with Crippen LogP contribution < -0.4 is 5.32 Å². The maximum atomic E-state index is 13.2. The molecule has 180 valence electrons. The van der Waals surface area contributed by atoms with Crippen molar-refractivity contribution in [2.24, 2.45) is 0 Å². The number of Topliss-reactive ketones (excluding diaryl/α,β-unsaturated/α-hetero) is 1. The summed E-state index contributed by atoms with van der Waals surface area (Å²) in [6.07, 6.45) is -2.80. The van der Waals surface area contributed by atoms with Crippen LogP contribution in [0.25, 0.3) is 28.2 Å². The van der Waals surface area contributed by atoms with Gasteiger partial charge >= 0.3 is 6.18 Å². The highest BCUT2D eigenvalue weighted by atomic mass is 19.4. The van der Waals surface area contributed by atoms with Gasteiger partial charge in [-0.25, -0.2) is 15.0 Å². The topological polar surface area (TPSA) is 72.7 Å². The molecule has 5 aromatic rings. The largest absolute Gasteiger partial charge is 0.416 e. The maximum Gasteiger partial charge on any atom is 0.416 e. The molecular weight excluding hydrogens is 467 g/mol. The number of nitrogens with one attached hydrogen (secondary N) is 1. The Bertz CT molecular complexity index is 1560. The number of anilines is 1. The normalized spacial score (nSPS) is 11.6. The zero-order chi connectivity index (χ0) is 25.3. The molecule has 0 aliphatic rings. The van der Waals surface area contributed by atoms with Crippen molar-refractivity contribution in [3.63, 3.8) is 0 Å². The first-order chi connectivity index (χ1) is 17.3. The lowest BCUT2D eigenvalue weighted by atomic mass is 10.1. The fourth-order valence-corrected chi connectivity index (χ4v) is 3.85. The van der Waals surface area contributed by atoms with E-state index in [0.717, 1.165) is 17.8 Å². The molecule has 0 saturated heterocycles. The predicted molar refractivity (Wildman–Crippen MR) is 131 cm³/mol. The van der Waals surface area contributed by atoms with Crippen molar-refractivity contribution in [1.82, 2.24) is 19.5 Å². The van der Waals surface area contributed by atoms with Crippen LogP contribution in [-0.2, 0) is 12.7 Å². The Balaban J connectivity index is 1.60. The quantitative estimate of drug-likeness (QED) is 0.284. The standard InChI is InChI=1S/C27H20F3N5O/c1-17(36)19-8-6-9-20(14-19)24-33-25(31-15-18-7-5-10-21(13-18)27(28,29)30)23-26(34-24)35(16-32-23)22-11-3-2-4-12-22/h2-14,16H,15H2,1H3,(H,31,33,34). The van der Waals surface area contributed by atoms with Gasteiger partial charge in [-0.1, -0.05) is 48.5 Å². The van der Waals surface area contributed by atoms with E-state index in [0.29, 0.717) is 39.5 Å². The molecule has 0 amide bonds. The van der Waals surface area contributed by atoms with Gasteiger partial charge in [0.2, 0.25) is 0 Å². The number of hydrogen-bond acceptors (Lipinski definition) is 5. The van der Waals surface area contributed by atoms with E-state index in [1.165, 1.54) is 13.0 Å². The maximum absolute atomic E-state index is 13.2. The summed E-state index contributed by atoms with van der Waals surface area (Å²) in [5.74, 6) is 0.639. The third kappa shape index (κ3) is 4.68. The second-order valence-electron chi connectivity index (χ2n) is 8.21. The first-order valence-electron chi connectivity index (χ1n) is 11.1. The molecule has 36 heavy (non-hydrogen) atoms. The molecule has 0 bridgehead atoms. The van der Waals surface area contributed by atoms with Crippen molar-refractivity contribution in [3.05, 3.63) is 102 Å². The van der Waals surface area contributed by atoms with Crippen LogP contribution in [0.2, 0.25) is 0 Å². The molecular formula is C27H20F3N5O. The lowest BCUT2D eigenvalue weighted by Crippen LogP contribution is -2.08. The summed E-state index contributed by atoms with van der Waals surface area (Å²) in [7, 11) is 0. The highest BCUT2D eigenvalue weighted by molar-refractivity contribution is 5.95. The summed E-state index contributed by atoms with van der Waals surface area (Å²) in [5, 5.41) is 3.13. The van der Waals surface area contributed by atoms with Gasteiger partial charge in [0, 0.05) is 23.4 Å². The lowest BCUT2D eigenvalue weighted by Gasteiger charge is -2.12. The van der Waals surface area contributed by atoms with Gasteiger partial charge in [-0.05, 0) is 42.8 Å². The molecule has 0 saturated carbocycles. The van der Waals surface area contributed by atoms with Gasteiger partial charge in [-0.3, -0.25) is 9.36 Å². The van der Waals surface area contributed by atoms with E-state index in [9.17, 15) is 18.0 Å². The van der Waals surface area contributed by atoms with Gasteiger partial charge in [-0.15, -0.1) is 0 Å². The van der Waals surface area contributed by atoms with Gasteiger partial charge in [0.25, 0.3) is 0 Å². The minimum Gasteiger partial charge on any atom is -0.364 e. The first-order valence-corrected chi connectivity index (χ1v) is 11.1. The summed E-state index contributed by atoms with van der Waals surface area (Å²) in [6.45, 7) is 1.58. The third-order valence-corrected chi connectivity index (χ3v) is 5.67. The van der Waals surface area contributed by atoms with E-state index in [-0.39, 0.29) is 12.3 Å². The number of imidazole rings is 1. The second-order valence-corrected chi connectivity index (χ2v) is 8.21. The van der Waals surface area contributed by atoms with Crippen LogP contribution in [0.4, 0.5) is 19.0 Å². The summed E-state index contributed by atoms with van der Waals surface area (Å²) >= 11 is 0. The summed E-state index contributed by atoms with van der Waals surface area (Å²) in [5.41, 5.74) is 2.71. The number of halogens is 3. The Kier molecular flexibility index (Phi) is 5.97. The predicted octanol–water partition coefficient (Wildman–Crippen LogP) is 6.32. The minimum atomic E-state index is -4.43. The minimum absolute atomic E-state index is 0.0878. The van der Waals surface area contributed by atoms with Crippen molar-refractivity contribution in [3.8, 4) is 17.1 Å². The van der Waals surface area contributed by atoms with Crippen LogP contribution in [0, 0.1) is 0 Å². The van der Waals surface area contributed by atoms with Crippen molar-refractivity contribution in [2.45, 2.75) is 19.6 Å². The van der Waals surface area contributed by atoms with E-state index >= 15 is 0 Å². The summed E-state index contributed by atoms with van der Waals surface area (Å²) in [6, 6.07) is 21.6. The van der Waals surface area contributed by atoms with Crippen LogP contribution in [0.1, 0.15) is 28.4 Å². The number of rotatable bonds is 6. The second kappa shape index (κ2) is 9.26. The molecule has 2 heterocycles. The van der Waals surface area contributed by atoms with Gasteiger partial charge in [-0.2, -0.15) is 13.2 Å². The molecule has 0 fully saturated rings. The number of carbonyl (C=O) groups is 1. The molecule has 3 aromatic carbocycles. The van der Waals surface area contributed by atoms with E-state index in [1.54, 1.807) is 36.7 Å². The molecule has 0 unspecified atom stereocenters. The SMILES string of the molecule is CC(=O)c1cccc(-c2nc(NCc3cccc(C(F)(F)F)c3)c3ncn(-c4ccccc4)c3n2)c1. The fourth-order valence-electron chi connectivity index (χ4n) is 3.85. The average molecular weight is 487 g/mol. The van der Waals surface area contributed by atoms with Gasteiger partial charge in [0.05, 0.1) is 5.56 Å².